The fourth-order valence-electron chi connectivity index (χ4n) is 1.10. The molecule has 11 heavy (non-hydrogen) atoms. The number of H-pyrrole nitrogens is 1. The molecule has 0 radical (unpaired) electrons. The highest BCUT2D eigenvalue weighted by Crippen LogP contribution is 2.21. The molecule has 0 aliphatic heterocycles. The Kier molecular flexibility index (Phi) is 2.39. The van der Waals surface area contributed by atoms with E-state index < -0.39 is 0 Å². The van der Waals surface area contributed by atoms with Crippen LogP contribution >= 0.6 is 11.8 Å². The predicted octanol–water partition coefficient (Wildman–Crippen LogP) is 2.25. The van der Waals surface area contributed by atoms with Gasteiger partial charge in [0.15, 0.2) is 5.78 Å². The topological polar surface area (TPSA) is 32.9 Å². The van der Waals surface area contributed by atoms with Gasteiger partial charge in [0, 0.05) is 6.20 Å². The van der Waals surface area contributed by atoms with Gasteiger partial charge in [0.1, 0.15) is 0 Å². The van der Waals surface area contributed by atoms with Gasteiger partial charge in [-0.25, -0.2) is 0 Å². The lowest BCUT2D eigenvalue weighted by atomic mass is 10.1. The van der Waals surface area contributed by atoms with Gasteiger partial charge in [-0.1, -0.05) is 0 Å². The maximum absolute atomic E-state index is 11.1. The summed E-state index contributed by atoms with van der Waals surface area (Å²) in [6.07, 6.45) is 3.82. The first-order valence-corrected chi connectivity index (χ1v) is 4.62. The second kappa shape index (κ2) is 3.13. The van der Waals surface area contributed by atoms with Crippen LogP contribution in [0.3, 0.4) is 0 Å². The van der Waals surface area contributed by atoms with Crippen molar-refractivity contribution in [2.45, 2.75) is 18.9 Å². The van der Waals surface area contributed by atoms with Crippen molar-refractivity contribution in [3.63, 3.8) is 0 Å². The molecule has 0 spiro atoms. The van der Waals surface area contributed by atoms with Gasteiger partial charge >= 0.3 is 0 Å². The van der Waals surface area contributed by atoms with E-state index in [0.29, 0.717) is 0 Å². The Balaban J connectivity index is 3.17. The van der Waals surface area contributed by atoms with Crippen molar-refractivity contribution in [1.29, 1.82) is 0 Å². The lowest BCUT2D eigenvalue weighted by Gasteiger charge is -1.96. The molecule has 1 rings (SSSR count). The van der Waals surface area contributed by atoms with Crippen LogP contribution in [0.5, 0.6) is 0 Å². The molecule has 0 unspecified atom stereocenters. The fourth-order valence-corrected chi connectivity index (χ4v) is 1.78. The molecule has 0 atom stereocenters. The molecule has 0 aliphatic rings. The Labute approximate surface area is 70.4 Å². The summed E-state index contributed by atoms with van der Waals surface area (Å²) in [6.45, 7) is 3.53. The quantitative estimate of drug-likeness (QED) is 0.544. The number of nitrogens with one attached hydrogen (secondary N) is 1. The van der Waals surface area contributed by atoms with Crippen molar-refractivity contribution in [3.05, 3.63) is 17.3 Å². The van der Waals surface area contributed by atoms with Gasteiger partial charge in [0.25, 0.3) is 0 Å². The van der Waals surface area contributed by atoms with Crippen LogP contribution < -0.4 is 0 Å². The molecule has 0 aromatic carbocycles. The average molecular weight is 169 g/mol. The lowest BCUT2D eigenvalue weighted by Crippen LogP contribution is -1.93. The van der Waals surface area contributed by atoms with Crippen LogP contribution in [0.25, 0.3) is 0 Å². The zero-order valence-electron chi connectivity index (χ0n) is 6.89. The molecule has 1 heterocycles. The van der Waals surface area contributed by atoms with E-state index in [1.54, 1.807) is 18.7 Å². The van der Waals surface area contributed by atoms with E-state index in [4.69, 9.17) is 0 Å². The minimum atomic E-state index is 0.133. The SMILES string of the molecule is CSc1[nH]cc(C)c1C(C)=O. The molecule has 2 nitrogen and oxygen atoms in total. The molecule has 60 valence electrons. The van der Waals surface area contributed by atoms with E-state index in [-0.39, 0.29) is 5.78 Å². The average Bonchev–Trinajstić information content (AvgIpc) is 2.30. The van der Waals surface area contributed by atoms with Crippen LogP contribution in [-0.2, 0) is 0 Å². The number of thioether (sulfide) groups is 1. The molecular formula is C8H11NOS. The summed E-state index contributed by atoms with van der Waals surface area (Å²) >= 11 is 1.57. The number of rotatable bonds is 2. The van der Waals surface area contributed by atoms with E-state index >= 15 is 0 Å². The van der Waals surface area contributed by atoms with Crippen LogP contribution in [0.4, 0.5) is 0 Å². The van der Waals surface area contributed by atoms with Gasteiger partial charge in [-0.3, -0.25) is 4.79 Å². The summed E-state index contributed by atoms with van der Waals surface area (Å²) < 4.78 is 0. The summed E-state index contributed by atoms with van der Waals surface area (Å²) in [5.41, 5.74) is 1.86. The Morgan fingerprint density at radius 2 is 2.27 bits per heavy atom. The molecule has 1 aromatic heterocycles. The molecule has 0 aliphatic carbocycles. The summed E-state index contributed by atoms with van der Waals surface area (Å²) in [5.74, 6) is 0.133. The zero-order chi connectivity index (χ0) is 8.43. The summed E-state index contributed by atoms with van der Waals surface area (Å²) in [4.78, 5) is 14.1. The zero-order valence-corrected chi connectivity index (χ0v) is 7.71. The molecule has 0 saturated carbocycles. The van der Waals surface area contributed by atoms with E-state index in [1.807, 2.05) is 19.4 Å². The van der Waals surface area contributed by atoms with Gasteiger partial charge < -0.3 is 4.98 Å². The smallest absolute Gasteiger partial charge is 0.162 e. The van der Waals surface area contributed by atoms with E-state index in [0.717, 1.165) is 16.2 Å². The van der Waals surface area contributed by atoms with Gasteiger partial charge in [-0.15, -0.1) is 11.8 Å². The highest BCUT2D eigenvalue weighted by Gasteiger charge is 2.10. The van der Waals surface area contributed by atoms with Gasteiger partial charge in [-0.2, -0.15) is 0 Å². The third-order valence-corrected chi connectivity index (χ3v) is 2.33. The minimum absolute atomic E-state index is 0.133. The van der Waals surface area contributed by atoms with E-state index in [1.165, 1.54) is 0 Å². The maximum Gasteiger partial charge on any atom is 0.162 e. The van der Waals surface area contributed by atoms with Crippen molar-refractivity contribution in [2.75, 3.05) is 6.26 Å². The van der Waals surface area contributed by atoms with Crippen LogP contribution in [-0.4, -0.2) is 17.0 Å². The number of aromatic nitrogens is 1. The highest BCUT2D eigenvalue weighted by molar-refractivity contribution is 7.98. The van der Waals surface area contributed by atoms with Crippen molar-refractivity contribution in [3.8, 4) is 0 Å². The van der Waals surface area contributed by atoms with Crippen LogP contribution in [0.1, 0.15) is 22.8 Å². The second-order valence-corrected chi connectivity index (χ2v) is 3.25. The number of ketones is 1. The summed E-state index contributed by atoms with van der Waals surface area (Å²) in [6, 6.07) is 0. The Hall–Kier alpha value is -0.700. The number of aryl methyl sites for hydroxylation is 1. The monoisotopic (exact) mass is 169 g/mol. The first-order valence-electron chi connectivity index (χ1n) is 3.39. The number of aromatic amines is 1. The Bertz CT molecular complexity index is 278. The van der Waals surface area contributed by atoms with Crippen molar-refractivity contribution >= 4 is 17.5 Å². The highest BCUT2D eigenvalue weighted by atomic mass is 32.2. The standard InChI is InChI=1S/C8H11NOS/c1-5-4-9-8(11-3)7(5)6(2)10/h4,9H,1-3H3. The minimum Gasteiger partial charge on any atom is -0.356 e. The van der Waals surface area contributed by atoms with E-state index in [9.17, 15) is 4.79 Å². The first kappa shape index (κ1) is 8.40. The van der Waals surface area contributed by atoms with Gasteiger partial charge in [-0.05, 0) is 25.7 Å². The summed E-state index contributed by atoms with van der Waals surface area (Å²) in [7, 11) is 0. The van der Waals surface area contributed by atoms with Crippen molar-refractivity contribution < 1.29 is 4.79 Å². The third-order valence-electron chi connectivity index (χ3n) is 1.60. The van der Waals surface area contributed by atoms with Crippen LogP contribution in [0.2, 0.25) is 0 Å². The normalized spacial score (nSPS) is 10.1. The molecular weight excluding hydrogens is 158 g/mol. The fraction of sp³-hybridized carbons (Fsp3) is 0.375. The lowest BCUT2D eigenvalue weighted by molar-refractivity contribution is 0.101. The van der Waals surface area contributed by atoms with Crippen LogP contribution in [0.15, 0.2) is 11.2 Å². The molecule has 3 heteroatoms. The molecule has 1 aromatic rings. The van der Waals surface area contributed by atoms with E-state index in [2.05, 4.69) is 4.98 Å². The van der Waals surface area contributed by atoms with Gasteiger partial charge in [0.2, 0.25) is 0 Å². The molecule has 0 bridgehead atoms. The summed E-state index contributed by atoms with van der Waals surface area (Å²) in [5, 5.41) is 0.968. The Morgan fingerprint density at radius 3 is 2.64 bits per heavy atom. The molecule has 0 amide bonds. The third kappa shape index (κ3) is 1.48. The number of carbonyl (C=O) groups excluding carboxylic acids is 1. The van der Waals surface area contributed by atoms with Crippen molar-refractivity contribution in [1.82, 2.24) is 4.98 Å². The first-order chi connectivity index (χ1) is 5.16. The number of Topliss-reactive ketones (excluding diaryl/α,β-unsaturated/α-hetero) is 1. The number of carbonyl (C=O) groups is 1. The molecule has 0 saturated heterocycles. The largest absolute Gasteiger partial charge is 0.356 e. The molecule has 0 fully saturated rings. The molecule has 1 N–H and O–H groups in total. The number of hydrogen-bond donors (Lipinski definition) is 1. The van der Waals surface area contributed by atoms with Crippen molar-refractivity contribution in [2.24, 2.45) is 0 Å². The van der Waals surface area contributed by atoms with Gasteiger partial charge in [0.05, 0.1) is 10.6 Å². The second-order valence-electron chi connectivity index (χ2n) is 2.44. The Morgan fingerprint density at radius 1 is 1.64 bits per heavy atom. The maximum atomic E-state index is 11.1. The number of hydrogen-bond acceptors (Lipinski definition) is 2. The van der Waals surface area contributed by atoms with Crippen LogP contribution in [0, 0.1) is 6.92 Å². The predicted molar refractivity (Wildman–Crippen MR) is 47.3 cm³/mol.